The van der Waals surface area contributed by atoms with Crippen LogP contribution in [0.5, 0.6) is 0 Å². The van der Waals surface area contributed by atoms with Crippen molar-refractivity contribution in [2.24, 2.45) is 5.92 Å². The Morgan fingerprint density at radius 2 is 2.28 bits per heavy atom. The number of fused-ring (bicyclic) bond motifs is 1. The molecule has 3 rings (SSSR count). The van der Waals surface area contributed by atoms with Crippen molar-refractivity contribution in [3.05, 3.63) is 24.0 Å². The minimum absolute atomic E-state index is 0.000879. The van der Waals surface area contributed by atoms with Gasteiger partial charge in [-0.3, -0.25) is 4.79 Å². The average Bonchev–Trinajstić information content (AvgIpc) is 3.04. The van der Waals surface area contributed by atoms with Gasteiger partial charge in [0, 0.05) is 30.9 Å². The second-order valence-electron chi connectivity index (χ2n) is 6.06. The molecule has 0 aromatic carbocycles. The SMILES string of the molecule is CC#CCNC(=O)C1CN(c2c(CCNCC)cnc3ccnn23)C1. The third-order valence-electron chi connectivity index (χ3n) is 4.36. The van der Waals surface area contributed by atoms with E-state index < -0.39 is 0 Å². The van der Waals surface area contributed by atoms with Crippen LogP contribution in [-0.4, -0.2) is 53.2 Å². The summed E-state index contributed by atoms with van der Waals surface area (Å²) in [5.74, 6) is 6.75. The van der Waals surface area contributed by atoms with Crippen LogP contribution in [0.3, 0.4) is 0 Å². The summed E-state index contributed by atoms with van der Waals surface area (Å²) in [6.07, 6.45) is 4.56. The van der Waals surface area contributed by atoms with Crippen LogP contribution in [0.4, 0.5) is 5.82 Å². The van der Waals surface area contributed by atoms with Crippen LogP contribution in [0.2, 0.25) is 0 Å². The zero-order chi connectivity index (χ0) is 17.6. The quantitative estimate of drug-likeness (QED) is 0.566. The van der Waals surface area contributed by atoms with Crippen LogP contribution in [0.25, 0.3) is 5.65 Å². The van der Waals surface area contributed by atoms with Gasteiger partial charge < -0.3 is 15.5 Å². The molecule has 1 aliphatic heterocycles. The van der Waals surface area contributed by atoms with Crippen molar-refractivity contribution in [1.29, 1.82) is 0 Å². The lowest BCUT2D eigenvalue weighted by Crippen LogP contribution is -2.54. The number of nitrogens with one attached hydrogen (secondary N) is 2. The molecule has 1 saturated heterocycles. The Balaban J connectivity index is 1.72. The van der Waals surface area contributed by atoms with E-state index in [1.165, 1.54) is 0 Å². The first-order chi connectivity index (χ1) is 12.2. The van der Waals surface area contributed by atoms with E-state index in [-0.39, 0.29) is 11.8 Å². The number of carbonyl (C=O) groups is 1. The van der Waals surface area contributed by atoms with Crippen LogP contribution in [-0.2, 0) is 11.2 Å². The van der Waals surface area contributed by atoms with Crippen molar-refractivity contribution < 1.29 is 4.79 Å². The van der Waals surface area contributed by atoms with Gasteiger partial charge in [0.15, 0.2) is 5.65 Å². The van der Waals surface area contributed by atoms with Gasteiger partial charge in [-0.15, -0.1) is 5.92 Å². The van der Waals surface area contributed by atoms with Crippen molar-refractivity contribution >= 4 is 17.4 Å². The molecule has 0 aliphatic carbocycles. The van der Waals surface area contributed by atoms with E-state index in [9.17, 15) is 4.79 Å². The standard InChI is InChI=1S/C18H24N6O/c1-3-5-8-20-17(25)15-12-23(13-15)18-14(6-9-19-4-2)11-21-16-7-10-22-24(16)18/h7,10-11,15,19H,4,6,8-9,12-13H2,1-2H3,(H,20,25). The minimum atomic E-state index is -0.000879. The lowest BCUT2D eigenvalue weighted by molar-refractivity contribution is -0.125. The molecule has 25 heavy (non-hydrogen) atoms. The Labute approximate surface area is 147 Å². The molecule has 0 radical (unpaired) electrons. The number of aromatic nitrogens is 3. The number of rotatable bonds is 7. The predicted octanol–water partition coefficient (Wildman–Crippen LogP) is 0.457. The molecule has 0 saturated carbocycles. The van der Waals surface area contributed by atoms with Gasteiger partial charge in [-0.1, -0.05) is 12.8 Å². The van der Waals surface area contributed by atoms with E-state index in [0.29, 0.717) is 19.6 Å². The molecule has 3 heterocycles. The third-order valence-corrected chi connectivity index (χ3v) is 4.36. The number of hydrogen-bond acceptors (Lipinski definition) is 5. The number of carbonyl (C=O) groups excluding carboxylic acids is 1. The molecule has 0 unspecified atom stereocenters. The largest absolute Gasteiger partial charge is 0.354 e. The maximum atomic E-state index is 12.1. The fraction of sp³-hybridized carbons (Fsp3) is 0.500. The van der Waals surface area contributed by atoms with Crippen LogP contribution in [0, 0.1) is 17.8 Å². The second kappa shape index (κ2) is 7.99. The molecule has 2 N–H and O–H groups in total. The fourth-order valence-corrected chi connectivity index (χ4v) is 2.99. The van der Waals surface area contributed by atoms with Gasteiger partial charge in [0.1, 0.15) is 5.82 Å². The van der Waals surface area contributed by atoms with Crippen LogP contribution in [0.1, 0.15) is 19.4 Å². The molecule has 0 spiro atoms. The summed E-state index contributed by atoms with van der Waals surface area (Å²) in [6.45, 7) is 7.50. The van der Waals surface area contributed by atoms with Gasteiger partial charge in [0.25, 0.3) is 0 Å². The number of anilines is 1. The van der Waals surface area contributed by atoms with Crippen molar-refractivity contribution in [3.63, 3.8) is 0 Å². The molecule has 1 amide bonds. The number of nitrogens with zero attached hydrogens (tertiary/aromatic N) is 4. The second-order valence-corrected chi connectivity index (χ2v) is 6.06. The van der Waals surface area contributed by atoms with E-state index in [1.807, 2.05) is 16.8 Å². The van der Waals surface area contributed by atoms with Crippen molar-refractivity contribution in [2.75, 3.05) is 37.6 Å². The lowest BCUT2D eigenvalue weighted by atomic mass is 9.98. The molecular formula is C18H24N6O. The highest BCUT2D eigenvalue weighted by Gasteiger charge is 2.35. The van der Waals surface area contributed by atoms with Gasteiger partial charge in [-0.25, -0.2) is 4.98 Å². The van der Waals surface area contributed by atoms with Crippen LogP contribution < -0.4 is 15.5 Å². The first-order valence-corrected chi connectivity index (χ1v) is 8.69. The Kier molecular flexibility index (Phi) is 5.51. The highest BCUT2D eigenvalue weighted by molar-refractivity contribution is 5.82. The topological polar surface area (TPSA) is 74.6 Å². The van der Waals surface area contributed by atoms with Crippen molar-refractivity contribution in [3.8, 4) is 11.8 Å². The molecule has 0 bridgehead atoms. The van der Waals surface area contributed by atoms with Gasteiger partial charge in [0.2, 0.25) is 5.91 Å². The summed E-state index contributed by atoms with van der Waals surface area (Å²) in [5.41, 5.74) is 1.97. The van der Waals surface area contributed by atoms with Gasteiger partial charge in [-0.05, 0) is 26.4 Å². The maximum Gasteiger partial charge on any atom is 0.227 e. The lowest BCUT2D eigenvalue weighted by Gasteiger charge is -2.40. The number of amides is 1. The molecule has 2 aromatic heterocycles. The smallest absolute Gasteiger partial charge is 0.227 e. The van der Waals surface area contributed by atoms with Crippen LogP contribution in [0.15, 0.2) is 18.5 Å². The molecule has 0 atom stereocenters. The molecule has 1 fully saturated rings. The van der Waals surface area contributed by atoms with E-state index >= 15 is 0 Å². The average molecular weight is 340 g/mol. The molecule has 132 valence electrons. The Morgan fingerprint density at radius 1 is 1.44 bits per heavy atom. The number of hydrogen-bond donors (Lipinski definition) is 2. The molecule has 2 aromatic rings. The molecule has 7 heteroatoms. The van der Waals surface area contributed by atoms with Crippen molar-refractivity contribution in [1.82, 2.24) is 25.2 Å². The van der Waals surface area contributed by atoms with Gasteiger partial charge in [0.05, 0.1) is 18.7 Å². The highest BCUT2D eigenvalue weighted by Crippen LogP contribution is 2.28. The highest BCUT2D eigenvalue weighted by atomic mass is 16.2. The summed E-state index contributed by atoms with van der Waals surface area (Å²) in [5, 5.41) is 10.6. The summed E-state index contributed by atoms with van der Waals surface area (Å²) in [4.78, 5) is 18.8. The van der Waals surface area contributed by atoms with Crippen molar-refractivity contribution in [2.45, 2.75) is 20.3 Å². The number of likely N-dealkylation sites (N-methyl/N-ethyl adjacent to an activating group) is 1. The Hall–Kier alpha value is -2.59. The summed E-state index contributed by atoms with van der Waals surface area (Å²) in [6, 6.07) is 1.89. The normalized spacial score (nSPS) is 14.1. The predicted molar refractivity (Wildman–Crippen MR) is 97.4 cm³/mol. The van der Waals surface area contributed by atoms with Crippen LogP contribution >= 0.6 is 0 Å². The van der Waals surface area contributed by atoms with Gasteiger partial charge >= 0.3 is 0 Å². The monoisotopic (exact) mass is 340 g/mol. The first-order valence-electron chi connectivity index (χ1n) is 8.69. The zero-order valence-electron chi connectivity index (χ0n) is 14.7. The third kappa shape index (κ3) is 3.74. The van der Waals surface area contributed by atoms with E-state index in [2.05, 4.69) is 44.4 Å². The zero-order valence-corrected chi connectivity index (χ0v) is 14.7. The summed E-state index contributed by atoms with van der Waals surface area (Å²) in [7, 11) is 0. The Bertz CT molecular complexity index is 797. The van der Waals surface area contributed by atoms with E-state index in [4.69, 9.17) is 0 Å². The Morgan fingerprint density at radius 3 is 3.04 bits per heavy atom. The fourth-order valence-electron chi connectivity index (χ4n) is 2.99. The summed E-state index contributed by atoms with van der Waals surface area (Å²) < 4.78 is 1.87. The summed E-state index contributed by atoms with van der Waals surface area (Å²) >= 11 is 0. The molecule has 1 aliphatic rings. The van der Waals surface area contributed by atoms with Gasteiger partial charge in [-0.2, -0.15) is 9.61 Å². The first kappa shape index (κ1) is 17.2. The minimum Gasteiger partial charge on any atom is -0.354 e. The molecule has 7 nitrogen and oxygen atoms in total. The maximum absolute atomic E-state index is 12.1. The molecular weight excluding hydrogens is 316 g/mol. The van der Waals surface area contributed by atoms with E-state index in [0.717, 1.165) is 36.5 Å². The van der Waals surface area contributed by atoms with E-state index in [1.54, 1.807) is 13.1 Å².